The molecule has 0 spiro atoms. The van der Waals surface area contributed by atoms with Crippen LogP contribution < -0.4 is 26.0 Å². The molecule has 4 aromatic carbocycles. The van der Waals surface area contributed by atoms with Crippen LogP contribution in [0.4, 0.5) is 0 Å². The zero-order valence-electron chi connectivity index (χ0n) is 23.6. The van der Waals surface area contributed by atoms with Crippen molar-refractivity contribution in [3.63, 3.8) is 0 Å². The third kappa shape index (κ3) is 6.75. The van der Waals surface area contributed by atoms with Crippen molar-refractivity contribution in [2.45, 2.75) is 31.3 Å². The minimum Gasteiger partial charge on any atom is -0.456 e. The maximum Gasteiger partial charge on any atom is 0.135 e. The van der Waals surface area contributed by atoms with Crippen LogP contribution in [0, 0.1) is 11.8 Å². The highest BCUT2D eigenvalue weighted by molar-refractivity contribution is 7.77. The molecule has 0 amide bonds. The highest BCUT2D eigenvalue weighted by atomic mass is 31.1. The number of rotatable bonds is 8. The van der Waals surface area contributed by atoms with E-state index in [2.05, 4.69) is 164 Å². The van der Waals surface area contributed by atoms with Crippen LogP contribution >= 0.6 is 15.8 Å². The monoisotopic (exact) mass is 580 g/mol. The molecule has 3 atom stereocenters. The van der Waals surface area contributed by atoms with Crippen molar-refractivity contribution in [3.8, 4) is 23.3 Å². The van der Waals surface area contributed by atoms with Gasteiger partial charge >= 0.3 is 0 Å². The minimum atomic E-state index is -0.834. The van der Waals surface area contributed by atoms with Crippen molar-refractivity contribution in [1.82, 2.24) is 0 Å². The first-order valence-electron chi connectivity index (χ1n) is 14.6. The van der Waals surface area contributed by atoms with Gasteiger partial charge in [0, 0.05) is 17.0 Å². The third-order valence-electron chi connectivity index (χ3n) is 7.30. The van der Waals surface area contributed by atoms with E-state index in [-0.39, 0.29) is 5.66 Å². The predicted molar refractivity (Wildman–Crippen MR) is 184 cm³/mol. The molecule has 2 aliphatic carbocycles. The topological polar surface area (TPSA) is 9.23 Å². The minimum absolute atomic E-state index is 0.0942. The lowest BCUT2D eigenvalue weighted by molar-refractivity contribution is 0.490. The van der Waals surface area contributed by atoms with E-state index in [1.165, 1.54) is 33.0 Å². The fraction of sp³-hybridized carbons (Fsp3) is 0.128. The van der Waals surface area contributed by atoms with Gasteiger partial charge in [0.15, 0.2) is 0 Å². The van der Waals surface area contributed by atoms with E-state index in [1.54, 1.807) is 0 Å². The fourth-order valence-electron chi connectivity index (χ4n) is 5.35. The van der Waals surface area contributed by atoms with Gasteiger partial charge in [0.1, 0.15) is 11.5 Å². The van der Waals surface area contributed by atoms with E-state index in [1.807, 2.05) is 0 Å². The summed E-state index contributed by atoms with van der Waals surface area (Å²) >= 11 is 0. The van der Waals surface area contributed by atoms with Crippen LogP contribution in [0.25, 0.3) is 0 Å². The van der Waals surface area contributed by atoms with Crippen molar-refractivity contribution < 1.29 is 4.74 Å². The van der Waals surface area contributed by atoms with E-state index in [4.69, 9.17) is 4.74 Å². The molecule has 0 radical (unpaired) electrons. The lowest BCUT2D eigenvalue weighted by Crippen LogP contribution is -2.22. The van der Waals surface area contributed by atoms with Crippen LogP contribution in [0.15, 0.2) is 157 Å². The van der Waals surface area contributed by atoms with E-state index >= 15 is 0 Å². The van der Waals surface area contributed by atoms with Crippen LogP contribution in [-0.2, 0) is 0 Å². The van der Waals surface area contributed by atoms with Gasteiger partial charge < -0.3 is 4.74 Å². The summed E-state index contributed by atoms with van der Waals surface area (Å²) in [7, 11) is -1.58. The molecule has 4 aromatic rings. The summed E-state index contributed by atoms with van der Waals surface area (Å²) in [5.74, 6) is 8.81. The van der Waals surface area contributed by atoms with Crippen LogP contribution in [0.5, 0.6) is 11.5 Å². The zero-order valence-corrected chi connectivity index (χ0v) is 25.4. The van der Waals surface area contributed by atoms with E-state index in [0.29, 0.717) is 0 Å². The second-order valence-electron chi connectivity index (χ2n) is 10.2. The number of ether oxygens (including phenoxy) is 1. The second kappa shape index (κ2) is 14.3. The van der Waals surface area contributed by atoms with E-state index in [9.17, 15) is 0 Å². The average molecular weight is 581 g/mol. The molecule has 3 unspecified atom stereocenters. The number of allylic oxidation sites excluding steroid dienone is 8. The molecule has 0 aromatic heterocycles. The Morgan fingerprint density at radius 1 is 0.643 bits per heavy atom. The van der Waals surface area contributed by atoms with Gasteiger partial charge in [-0.25, -0.2) is 0 Å². The highest BCUT2D eigenvalue weighted by Gasteiger charge is 2.27. The van der Waals surface area contributed by atoms with Crippen LogP contribution in [0.2, 0.25) is 0 Å². The molecule has 2 aliphatic rings. The van der Waals surface area contributed by atoms with Gasteiger partial charge in [-0.2, -0.15) is 0 Å². The van der Waals surface area contributed by atoms with Crippen molar-refractivity contribution in [3.05, 3.63) is 157 Å². The number of hydrogen-bond acceptors (Lipinski definition) is 1. The summed E-state index contributed by atoms with van der Waals surface area (Å²) in [5, 5.41) is 6.61. The number of para-hydroxylation sites is 2. The molecule has 3 heteroatoms. The Morgan fingerprint density at radius 3 is 2.10 bits per heavy atom. The van der Waals surface area contributed by atoms with Crippen molar-refractivity contribution in [2.75, 3.05) is 0 Å². The summed E-state index contributed by atoms with van der Waals surface area (Å²) in [6.07, 6.45) is 19.7. The summed E-state index contributed by atoms with van der Waals surface area (Å²) in [6.45, 7) is 0. The quantitative estimate of drug-likeness (QED) is 0.149. The Morgan fingerprint density at radius 2 is 1.31 bits per heavy atom. The number of benzene rings is 4. The Balaban J connectivity index is 1.44. The predicted octanol–water partition coefficient (Wildman–Crippen LogP) is 8.86. The summed E-state index contributed by atoms with van der Waals surface area (Å²) in [4.78, 5) is 0. The van der Waals surface area contributed by atoms with Crippen molar-refractivity contribution in [1.29, 1.82) is 0 Å². The van der Waals surface area contributed by atoms with Crippen LogP contribution in [0.1, 0.15) is 25.7 Å². The lowest BCUT2D eigenvalue weighted by atomic mass is 10.2. The normalized spacial score (nSPS) is 19.0. The molecule has 0 heterocycles. The lowest BCUT2D eigenvalue weighted by Gasteiger charge is -2.27. The first kappa shape index (κ1) is 28.2. The molecule has 0 saturated heterocycles. The van der Waals surface area contributed by atoms with Gasteiger partial charge in [0.25, 0.3) is 0 Å². The van der Waals surface area contributed by atoms with Crippen LogP contribution in [0.3, 0.4) is 0 Å². The molecule has 206 valence electrons. The SMILES string of the molecule is C1#CC(P(c2ccccc2)c2ccccc2Oc2ccccc2P(C2=CC=CCCC2)c2ccccc2)/C=C\C=C/C1. The number of hydrogen-bond donors (Lipinski definition) is 0. The molecular formula is C39H34OP2. The van der Waals surface area contributed by atoms with E-state index < -0.39 is 15.8 Å². The maximum absolute atomic E-state index is 7.02. The third-order valence-corrected chi connectivity index (χ3v) is 12.5. The molecule has 1 nitrogen and oxygen atoms in total. The maximum atomic E-state index is 7.02. The highest BCUT2D eigenvalue weighted by Crippen LogP contribution is 2.49. The molecule has 0 fully saturated rings. The van der Waals surface area contributed by atoms with Gasteiger partial charge in [-0.15, -0.1) is 0 Å². The van der Waals surface area contributed by atoms with Gasteiger partial charge in [0.2, 0.25) is 0 Å². The summed E-state index contributed by atoms with van der Waals surface area (Å²) < 4.78 is 7.02. The molecule has 42 heavy (non-hydrogen) atoms. The summed E-state index contributed by atoms with van der Waals surface area (Å²) in [6, 6.07) is 39.0. The molecular weight excluding hydrogens is 546 g/mol. The average Bonchev–Trinajstić information content (AvgIpc) is 3.31. The molecule has 0 N–H and O–H groups in total. The first-order chi connectivity index (χ1) is 20.9. The van der Waals surface area contributed by atoms with Crippen LogP contribution in [-0.4, -0.2) is 5.66 Å². The molecule has 0 bridgehead atoms. The van der Waals surface area contributed by atoms with Gasteiger partial charge in [0.05, 0.1) is 5.66 Å². The fourth-order valence-corrected chi connectivity index (χ4v) is 10.4. The van der Waals surface area contributed by atoms with Gasteiger partial charge in [-0.05, 0) is 63.2 Å². The van der Waals surface area contributed by atoms with Gasteiger partial charge in [-0.1, -0.05) is 151 Å². The first-order valence-corrected chi connectivity index (χ1v) is 17.4. The van der Waals surface area contributed by atoms with Crippen molar-refractivity contribution in [2.24, 2.45) is 0 Å². The Labute approximate surface area is 252 Å². The Bertz CT molecular complexity index is 1670. The molecule has 0 aliphatic heterocycles. The standard InChI is InChI=1S/C39H34OP2/c1-2-8-20-32(21-9-3-1)41(34-24-12-6-13-25-34)38-30-18-16-28-36(38)40-37-29-17-19-31-39(37)42(35-26-14-7-15-27-35)33-22-10-4-5-11-23-33/h1-2,4,6-8,10,12-20,22,24-32H,3,5,11,23H2/b2-1-,20-8-. The second-order valence-corrected chi connectivity index (χ2v) is 14.7. The van der Waals surface area contributed by atoms with E-state index in [0.717, 1.165) is 30.8 Å². The largest absolute Gasteiger partial charge is 0.456 e. The Hall–Kier alpha value is -3.94. The summed E-state index contributed by atoms with van der Waals surface area (Å²) in [5.41, 5.74) is 0.0942. The molecule has 0 saturated carbocycles. The Kier molecular flexibility index (Phi) is 9.60. The molecule has 6 rings (SSSR count). The zero-order chi connectivity index (χ0) is 28.4. The van der Waals surface area contributed by atoms with Gasteiger partial charge in [-0.3, -0.25) is 0 Å². The van der Waals surface area contributed by atoms with Crippen molar-refractivity contribution >= 4 is 37.1 Å². The smallest absolute Gasteiger partial charge is 0.135 e.